The van der Waals surface area contributed by atoms with E-state index in [1.165, 1.54) is 5.56 Å². The number of hydrogen-bond donors (Lipinski definition) is 2. The maximum absolute atomic E-state index is 5.89. The van der Waals surface area contributed by atoms with Gasteiger partial charge in [-0.15, -0.1) is 34.2 Å². The lowest BCUT2D eigenvalue weighted by atomic mass is 10.1. The Hall–Kier alpha value is -1.35. The number of aliphatic imine (C=N–C) groups is 1. The van der Waals surface area contributed by atoms with E-state index in [9.17, 15) is 0 Å². The van der Waals surface area contributed by atoms with E-state index in [0.717, 1.165) is 42.9 Å². The molecule has 0 bridgehead atoms. The summed E-state index contributed by atoms with van der Waals surface area (Å²) in [5, 5.41) is 15.3. The highest BCUT2D eigenvalue weighted by Crippen LogP contribution is 2.09. The van der Waals surface area contributed by atoms with Crippen LogP contribution in [0, 0.1) is 0 Å². The molecule has 1 aromatic heterocycles. The van der Waals surface area contributed by atoms with Crippen LogP contribution in [0.2, 0.25) is 5.02 Å². The molecule has 0 amide bonds. The number of hydrogen-bond acceptors (Lipinski definition) is 3. The SMILES string of the molecule is CCNC(=NCc1nncn1CC)NCCc1ccc(Cl)cc1.I. The van der Waals surface area contributed by atoms with Crippen LogP contribution >= 0.6 is 35.6 Å². The molecule has 0 saturated heterocycles. The van der Waals surface area contributed by atoms with E-state index in [-0.39, 0.29) is 24.0 Å². The van der Waals surface area contributed by atoms with Crippen LogP contribution in [0.5, 0.6) is 0 Å². The van der Waals surface area contributed by atoms with Crippen LogP contribution in [0.4, 0.5) is 0 Å². The summed E-state index contributed by atoms with van der Waals surface area (Å²) in [5.74, 6) is 1.65. The van der Waals surface area contributed by atoms with Crippen molar-refractivity contribution in [1.82, 2.24) is 25.4 Å². The predicted molar refractivity (Wildman–Crippen MR) is 109 cm³/mol. The van der Waals surface area contributed by atoms with Gasteiger partial charge >= 0.3 is 0 Å². The largest absolute Gasteiger partial charge is 0.357 e. The second-order valence-corrected chi connectivity index (χ2v) is 5.47. The highest BCUT2D eigenvalue weighted by Gasteiger charge is 2.03. The highest BCUT2D eigenvalue weighted by atomic mass is 127. The van der Waals surface area contributed by atoms with Gasteiger partial charge in [0, 0.05) is 24.7 Å². The molecule has 0 aliphatic rings. The third-order valence-corrected chi connectivity index (χ3v) is 3.63. The smallest absolute Gasteiger partial charge is 0.191 e. The number of nitrogens with one attached hydrogen (secondary N) is 2. The van der Waals surface area contributed by atoms with Crippen molar-refractivity contribution in [3.05, 3.63) is 47.0 Å². The second-order valence-electron chi connectivity index (χ2n) is 5.03. The lowest BCUT2D eigenvalue weighted by Gasteiger charge is -2.11. The number of guanidine groups is 1. The number of aryl methyl sites for hydroxylation is 1. The van der Waals surface area contributed by atoms with E-state index >= 15 is 0 Å². The lowest BCUT2D eigenvalue weighted by molar-refractivity contribution is 0.693. The van der Waals surface area contributed by atoms with Gasteiger partial charge in [-0.25, -0.2) is 4.99 Å². The number of nitrogens with zero attached hydrogens (tertiary/aromatic N) is 4. The Labute approximate surface area is 165 Å². The quantitative estimate of drug-likeness (QED) is 0.377. The molecule has 0 spiro atoms. The van der Waals surface area contributed by atoms with Crippen molar-refractivity contribution in [3.63, 3.8) is 0 Å². The maximum Gasteiger partial charge on any atom is 0.191 e. The Bertz CT molecular complexity index is 626. The lowest BCUT2D eigenvalue weighted by Crippen LogP contribution is -2.38. The Balaban J connectivity index is 0.00000288. The molecule has 8 heteroatoms. The molecule has 2 N–H and O–H groups in total. The van der Waals surface area contributed by atoms with Gasteiger partial charge in [0.05, 0.1) is 0 Å². The monoisotopic (exact) mass is 462 g/mol. The molecule has 2 aromatic rings. The highest BCUT2D eigenvalue weighted by molar-refractivity contribution is 14.0. The minimum Gasteiger partial charge on any atom is -0.357 e. The van der Waals surface area contributed by atoms with Crippen LogP contribution in [-0.4, -0.2) is 33.8 Å². The zero-order valence-electron chi connectivity index (χ0n) is 14.0. The van der Waals surface area contributed by atoms with Gasteiger partial charge < -0.3 is 15.2 Å². The standard InChI is InChI=1S/C16H23ClN6.HI/c1-3-18-16(20-11-15-22-21-12-23(15)4-2)19-10-9-13-5-7-14(17)8-6-13;/h5-8,12H,3-4,9-11H2,1-2H3,(H2,18,19,20);1H. The maximum atomic E-state index is 5.89. The third-order valence-electron chi connectivity index (χ3n) is 3.38. The van der Waals surface area contributed by atoms with Crippen LogP contribution in [0.25, 0.3) is 0 Å². The fourth-order valence-electron chi connectivity index (χ4n) is 2.13. The molecule has 0 fully saturated rings. The molecule has 0 radical (unpaired) electrons. The van der Waals surface area contributed by atoms with Gasteiger partial charge in [0.2, 0.25) is 0 Å². The first-order chi connectivity index (χ1) is 11.2. The number of benzene rings is 1. The van der Waals surface area contributed by atoms with E-state index in [1.54, 1.807) is 6.33 Å². The van der Waals surface area contributed by atoms with Crippen LogP contribution in [-0.2, 0) is 19.5 Å². The normalized spacial score (nSPS) is 11.0. The fraction of sp³-hybridized carbons (Fsp3) is 0.438. The number of rotatable bonds is 7. The van der Waals surface area contributed by atoms with E-state index in [1.807, 2.05) is 35.8 Å². The second kappa shape index (κ2) is 11.2. The van der Waals surface area contributed by atoms with Crippen molar-refractivity contribution < 1.29 is 0 Å². The van der Waals surface area contributed by atoms with Crippen molar-refractivity contribution in [1.29, 1.82) is 0 Å². The molecule has 0 atom stereocenters. The topological polar surface area (TPSA) is 67.1 Å². The van der Waals surface area contributed by atoms with Crippen LogP contribution < -0.4 is 10.6 Å². The minimum atomic E-state index is 0. The molecule has 1 heterocycles. The van der Waals surface area contributed by atoms with Gasteiger partial charge in [-0.1, -0.05) is 23.7 Å². The fourth-order valence-corrected chi connectivity index (χ4v) is 2.26. The van der Waals surface area contributed by atoms with Crippen molar-refractivity contribution in [2.24, 2.45) is 4.99 Å². The summed E-state index contributed by atoms with van der Waals surface area (Å²) in [4.78, 5) is 4.56. The molecule has 0 aliphatic carbocycles. The predicted octanol–water partition coefficient (Wildman–Crippen LogP) is 2.87. The Morgan fingerprint density at radius 2 is 1.96 bits per heavy atom. The molecule has 2 rings (SSSR count). The summed E-state index contributed by atoms with van der Waals surface area (Å²) >= 11 is 5.89. The molecular formula is C16H24ClIN6. The molecule has 24 heavy (non-hydrogen) atoms. The zero-order valence-corrected chi connectivity index (χ0v) is 17.1. The van der Waals surface area contributed by atoms with E-state index in [4.69, 9.17) is 11.6 Å². The first kappa shape index (κ1) is 20.7. The van der Waals surface area contributed by atoms with Gasteiger partial charge in [-0.3, -0.25) is 0 Å². The summed E-state index contributed by atoms with van der Waals surface area (Å²) < 4.78 is 1.99. The van der Waals surface area contributed by atoms with Crippen LogP contribution in [0.3, 0.4) is 0 Å². The molecule has 0 saturated carbocycles. The summed E-state index contributed by atoms with van der Waals surface area (Å²) in [6.07, 6.45) is 2.64. The van der Waals surface area contributed by atoms with E-state index in [2.05, 4.69) is 32.7 Å². The van der Waals surface area contributed by atoms with Gasteiger partial charge in [-0.2, -0.15) is 0 Å². The van der Waals surface area contributed by atoms with Gasteiger partial charge in [0.1, 0.15) is 12.9 Å². The molecule has 132 valence electrons. The molecule has 0 unspecified atom stereocenters. The summed E-state index contributed by atoms with van der Waals surface area (Å²) in [6, 6.07) is 7.90. The van der Waals surface area contributed by atoms with Gasteiger partial charge in [0.25, 0.3) is 0 Å². The van der Waals surface area contributed by atoms with Crippen molar-refractivity contribution in [2.45, 2.75) is 33.4 Å². The average molecular weight is 463 g/mol. The first-order valence-corrected chi connectivity index (χ1v) is 8.24. The van der Waals surface area contributed by atoms with Crippen LogP contribution in [0.1, 0.15) is 25.2 Å². The molecule has 6 nitrogen and oxygen atoms in total. The van der Waals surface area contributed by atoms with Gasteiger partial charge in [0.15, 0.2) is 11.8 Å². The minimum absolute atomic E-state index is 0. The molecule has 0 aliphatic heterocycles. The Kier molecular flexibility index (Phi) is 9.70. The van der Waals surface area contributed by atoms with Gasteiger partial charge in [-0.05, 0) is 38.0 Å². The van der Waals surface area contributed by atoms with Crippen molar-refractivity contribution in [2.75, 3.05) is 13.1 Å². The van der Waals surface area contributed by atoms with Crippen molar-refractivity contribution >= 4 is 41.5 Å². The molecular weight excluding hydrogens is 439 g/mol. The van der Waals surface area contributed by atoms with Crippen LogP contribution in [0.15, 0.2) is 35.6 Å². The molecule has 1 aromatic carbocycles. The first-order valence-electron chi connectivity index (χ1n) is 7.86. The van der Waals surface area contributed by atoms with Crippen molar-refractivity contribution in [3.8, 4) is 0 Å². The zero-order chi connectivity index (χ0) is 16.5. The number of aromatic nitrogens is 3. The number of halogens is 2. The Morgan fingerprint density at radius 3 is 2.62 bits per heavy atom. The van der Waals surface area contributed by atoms with E-state index in [0.29, 0.717) is 6.54 Å². The summed E-state index contributed by atoms with van der Waals surface area (Å²) in [6.45, 7) is 7.07. The summed E-state index contributed by atoms with van der Waals surface area (Å²) in [5.41, 5.74) is 1.24. The summed E-state index contributed by atoms with van der Waals surface area (Å²) in [7, 11) is 0. The average Bonchev–Trinajstić information content (AvgIpc) is 3.02. The van der Waals surface area contributed by atoms with E-state index < -0.39 is 0 Å². The third kappa shape index (κ3) is 6.64. The Morgan fingerprint density at radius 1 is 1.21 bits per heavy atom.